The quantitative estimate of drug-likeness (QED) is 0.210. The molecule has 0 rings (SSSR count). The van der Waals surface area contributed by atoms with Crippen molar-refractivity contribution in [1.82, 2.24) is 0 Å². The molecule has 4 N–H and O–H groups in total. The van der Waals surface area contributed by atoms with Crippen molar-refractivity contribution in [3.05, 3.63) is 0 Å². The van der Waals surface area contributed by atoms with E-state index in [1.54, 1.807) is 0 Å². The van der Waals surface area contributed by atoms with E-state index >= 15 is 0 Å². The average Bonchev–Trinajstić information content (AvgIpc) is 2.33. The average molecular weight is 362 g/mol. The highest BCUT2D eigenvalue weighted by molar-refractivity contribution is 7.60. The first kappa shape index (κ1) is 22.2. The summed E-state index contributed by atoms with van der Waals surface area (Å²) in [5.74, 6) is 0. The van der Waals surface area contributed by atoms with Crippen LogP contribution in [-0.2, 0) is 18.0 Å². The number of unbranched alkanes of at least 4 members (excludes halogenated alkanes) is 8. The van der Waals surface area contributed by atoms with E-state index < -0.39 is 21.9 Å². The van der Waals surface area contributed by atoms with Crippen molar-refractivity contribution in [3.63, 3.8) is 0 Å². The zero-order valence-corrected chi connectivity index (χ0v) is 14.8. The van der Waals surface area contributed by atoms with E-state index in [4.69, 9.17) is 14.7 Å². The molecule has 0 spiro atoms. The van der Waals surface area contributed by atoms with Crippen LogP contribution in [0.5, 0.6) is 0 Å². The van der Waals surface area contributed by atoms with Gasteiger partial charge in [0.25, 0.3) is 0 Å². The number of rotatable bonds is 14. The molecule has 8 nitrogen and oxygen atoms in total. The molecule has 0 aliphatic rings. The highest BCUT2D eigenvalue weighted by atomic mass is 31.3. The van der Waals surface area contributed by atoms with Crippen molar-refractivity contribution in [2.75, 3.05) is 0 Å². The van der Waals surface area contributed by atoms with Gasteiger partial charge in [-0.05, 0) is 12.8 Å². The monoisotopic (exact) mass is 362 g/mol. The molecule has 0 heterocycles. The second-order valence-corrected chi connectivity index (χ2v) is 8.00. The van der Waals surface area contributed by atoms with Crippen LogP contribution in [0.15, 0.2) is 0 Å². The van der Waals surface area contributed by atoms with Gasteiger partial charge in [-0.3, -0.25) is 4.52 Å². The van der Waals surface area contributed by atoms with Crippen molar-refractivity contribution in [1.29, 1.82) is 0 Å². The molecule has 0 aromatic heterocycles. The van der Waals surface area contributed by atoms with Crippen LogP contribution in [0.2, 0.25) is 0 Å². The van der Waals surface area contributed by atoms with E-state index in [-0.39, 0.29) is 6.42 Å². The van der Waals surface area contributed by atoms with Crippen LogP contribution in [-0.4, -0.2) is 26.1 Å². The summed E-state index contributed by atoms with van der Waals surface area (Å²) in [4.78, 5) is 25.8. The Morgan fingerprint density at radius 1 is 0.864 bits per heavy atom. The van der Waals surface area contributed by atoms with Crippen LogP contribution in [0.25, 0.3) is 0 Å². The second kappa shape index (κ2) is 11.7. The number of aliphatic hydroxyl groups is 1. The van der Waals surface area contributed by atoms with E-state index in [0.29, 0.717) is 6.42 Å². The van der Waals surface area contributed by atoms with Crippen LogP contribution in [0.3, 0.4) is 0 Å². The largest absolute Gasteiger partial charge is 0.483 e. The van der Waals surface area contributed by atoms with E-state index in [2.05, 4.69) is 15.8 Å². The molecule has 2 unspecified atom stereocenters. The lowest BCUT2D eigenvalue weighted by atomic mass is 10.1. The van der Waals surface area contributed by atoms with Gasteiger partial charge in [-0.25, -0.2) is 9.13 Å². The number of phosphoric acid groups is 2. The maximum atomic E-state index is 11.2. The first-order chi connectivity index (χ1) is 10.2. The van der Waals surface area contributed by atoms with Gasteiger partial charge in [0.2, 0.25) is 0 Å². The third-order valence-electron chi connectivity index (χ3n) is 3.02. The van der Waals surface area contributed by atoms with Crippen molar-refractivity contribution >= 4 is 15.6 Å². The summed E-state index contributed by atoms with van der Waals surface area (Å²) in [7, 11) is -10.1. The fourth-order valence-corrected chi connectivity index (χ4v) is 3.63. The Balaban J connectivity index is 3.63. The number of phosphoric ester groups is 1. The SMILES string of the molecule is CCCCCCCCCCCC(O)OP(=O)(O)OP(=O)(O)O. The fraction of sp³-hybridized carbons (Fsp3) is 1.00. The van der Waals surface area contributed by atoms with Gasteiger partial charge >= 0.3 is 15.6 Å². The Bertz CT molecular complexity index is 370. The molecular formula is C12H28O8P2. The molecule has 0 bridgehead atoms. The molecule has 0 saturated carbocycles. The van der Waals surface area contributed by atoms with Crippen LogP contribution >= 0.6 is 15.6 Å². The fourth-order valence-electron chi connectivity index (χ4n) is 1.99. The Hall–Kier alpha value is 0.220. The first-order valence-corrected chi connectivity index (χ1v) is 10.6. The summed E-state index contributed by atoms with van der Waals surface area (Å²) in [5.41, 5.74) is 0. The zero-order chi connectivity index (χ0) is 17.1. The minimum Gasteiger partial charge on any atom is -0.367 e. The second-order valence-electron chi connectivity index (χ2n) is 5.22. The van der Waals surface area contributed by atoms with Crippen LogP contribution in [0, 0.1) is 0 Å². The van der Waals surface area contributed by atoms with Gasteiger partial charge in [-0.1, -0.05) is 58.3 Å². The van der Waals surface area contributed by atoms with Gasteiger partial charge in [0.05, 0.1) is 0 Å². The van der Waals surface area contributed by atoms with Crippen molar-refractivity contribution in [2.45, 2.75) is 77.4 Å². The highest BCUT2D eigenvalue weighted by Gasteiger charge is 2.34. The van der Waals surface area contributed by atoms with Gasteiger partial charge in [0.1, 0.15) is 0 Å². The molecule has 0 aliphatic heterocycles. The van der Waals surface area contributed by atoms with Gasteiger partial charge in [0, 0.05) is 0 Å². The van der Waals surface area contributed by atoms with E-state index in [9.17, 15) is 14.2 Å². The zero-order valence-electron chi connectivity index (χ0n) is 13.0. The Morgan fingerprint density at radius 2 is 1.32 bits per heavy atom. The summed E-state index contributed by atoms with van der Waals surface area (Å²) in [6.45, 7) is 2.17. The molecular weight excluding hydrogens is 334 g/mol. The van der Waals surface area contributed by atoms with Crippen LogP contribution in [0.4, 0.5) is 0 Å². The summed E-state index contributed by atoms with van der Waals surface area (Å²) in [6, 6.07) is 0. The molecule has 0 aliphatic carbocycles. The van der Waals surface area contributed by atoms with Crippen LogP contribution < -0.4 is 0 Å². The molecule has 22 heavy (non-hydrogen) atoms. The minimum absolute atomic E-state index is 0.102. The molecule has 0 aromatic carbocycles. The third kappa shape index (κ3) is 15.1. The van der Waals surface area contributed by atoms with Gasteiger partial charge in [-0.15, -0.1) is 0 Å². The third-order valence-corrected chi connectivity index (χ3v) is 5.21. The van der Waals surface area contributed by atoms with Gasteiger partial charge in [-0.2, -0.15) is 4.31 Å². The summed E-state index contributed by atoms with van der Waals surface area (Å²) >= 11 is 0. The predicted octanol–water partition coefficient (Wildman–Crippen LogP) is 3.45. The molecule has 0 saturated heterocycles. The van der Waals surface area contributed by atoms with E-state index in [1.807, 2.05) is 0 Å². The molecule has 10 heteroatoms. The number of hydrogen-bond donors (Lipinski definition) is 4. The molecule has 0 radical (unpaired) electrons. The minimum atomic E-state index is -5.15. The lowest BCUT2D eigenvalue weighted by Crippen LogP contribution is -2.10. The normalized spacial score (nSPS) is 16.4. The Morgan fingerprint density at radius 3 is 1.77 bits per heavy atom. The molecule has 0 fully saturated rings. The van der Waals surface area contributed by atoms with Crippen molar-refractivity contribution in [3.8, 4) is 0 Å². The Kier molecular flexibility index (Phi) is 11.8. The van der Waals surface area contributed by atoms with Crippen molar-refractivity contribution in [2.24, 2.45) is 0 Å². The maximum Gasteiger partial charge on any atom is 0.483 e. The van der Waals surface area contributed by atoms with Crippen LogP contribution in [0.1, 0.15) is 71.1 Å². The van der Waals surface area contributed by atoms with Gasteiger partial charge in [0.15, 0.2) is 6.29 Å². The summed E-state index contributed by atoms with van der Waals surface area (Å²) in [6.07, 6.45) is 8.23. The number of hydrogen-bond acceptors (Lipinski definition) is 5. The predicted molar refractivity (Wildman–Crippen MR) is 81.9 cm³/mol. The molecule has 0 aromatic rings. The summed E-state index contributed by atoms with van der Waals surface area (Å²) in [5, 5.41) is 9.39. The molecule has 2 atom stereocenters. The smallest absolute Gasteiger partial charge is 0.367 e. The van der Waals surface area contributed by atoms with E-state index in [0.717, 1.165) is 19.3 Å². The first-order valence-electron chi connectivity index (χ1n) is 7.62. The lowest BCUT2D eigenvalue weighted by molar-refractivity contribution is -0.0422. The summed E-state index contributed by atoms with van der Waals surface area (Å²) < 4.78 is 29.4. The van der Waals surface area contributed by atoms with E-state index in [1.165, 1.54) is 32.1 Å². The lowest BCUT2D eigenvalue weighted by Gasteiger charge is -2.16. The number of aliphatic hydroxyl groups excluding tert-OH is 1. The molecule has 0 amide bonds. The molecule has 134 valence electrons. The van der Waals surface area contributed by atoms with Crippen molar-refractivity contribution < 1.29 is 37.8 Å². The Labute approximate surface area is 131 Å². The topological polar surface area (TPSA) is 134 Å². The maximum absolute atomic E-state index is 11.2. The standard InChI is InChI=1S/C12H28O8P2/c1-2-3-4-5-6-7-8-9-10-11-12(13)19-22(17,18)20-21(14,15)16/h12-13H,2-11H2,1H3,(H,17,18)(H2,14,15,16). The highest BCUT2D eigenvalue weighted by Crippen LogP contribution is 2.58. The van der Waals surface area contributed by atoms with Gasteiger partial charge < -0.3 is 19.8 Å².